The molecule has 0 saturated heterocycles. The van der Waals surface area contributed by atoms with E-state index in [1.54, 1.807) is 24.3 Å². The van der Waals surface area contributed by atoms with Gasteiger partial charge < -0.3 is 14.8 Å². The van der Waals surface area contributed by atoms with E-state index in [1.807, 2.05) is 34.9 Å². The molecule has 0 aliphatic heterocycles. The van der Waals surface area contributed by atoms with Gasteiger partial charge in [0.25, 0.3) is 5.91 Å². The second kappa shape index (κ2) is 10.4. The van der Waals surface area contributed by atoms with Crippen LogP contribution in [0, 0.1) is 0 Å². The summed E-state index contributed by atoms with van der Waals surface area (Å²) < 4.78 is 2.01. The molecule has 2 aromatic carbocycles. The number of amides is 1. The minimum Gasteiger partial charge on any atom is -0.508 e. The molecule has 0 radical (unpaired) electrons. The highest BCUT2D eigenvalue weighted by Crippen LogP contribution is 2.28. The predicted molar refractivity (Wildman–Crippen MR) is 136 cm³/mol. The van der Waals surface area contributed by atoms with Gasteiger partial charge in [-0.15, -0.1) is 6.58 Å². The maximum absolute atomic E-state index is 12.6. The number of nitrogens with one attached hydrogen (secondary N) is 1. The number of phenolic OH excluding ortho intramolecular Hbond substituents is 1. The molecule has 0 atom stereocenters. The number of hydrogen-bond donors (Lipinski definition) is 2. The lowest BCUT2D eigenvalue weighted by Gasteiger charge is -2.27. The fourth-order valence-electron chi connectivity index (χ4n) is 3.93. The highest BCUT2D eigenvalue weighted by molar-refractivity contribution is 5.94. The minimum absolute atomic E-state index is 0.155. The Kier molecular flexibility index (Phi) is 7.09. The number of nitrogens with zero attached hydrogens (tertiary/aromatic N) is 3. The first-order chi connectivity index (χ1) is 16.5. The van der Waals surface area contributed by atoms with Gasteiger partial charge in [0.1, 0.15) is 11.4 Å². The van der Waals surface area contributed by atoms with E-state index in [2.05, 4.69) is 54.9 Å². The monoisotopic (exact) mass is 454 g/mol. The van der Waals surface area contributed by atoms with Crippen LogP contribution in [0.3, 0.4) is 0 Å². The van der Waals surface area contributed by atoms with Gasteiger partial charge in [0.15, 0.2) is 0 Å². The van der Waals surface area contributed by atoms with Gasteiger partial charge in [-0.2, -0.15) is 0 Å². The molecule has 2 N–H and O–H groups in total. The van der Waals surface area contributed by atoms with E-state index >= 15 is 0 Å². The van der Waals surface area contributed by atoms with Gasteiger partial charge in [-0.05, 0) is 55.8 Å². The van der Waals surface area contributed by atoms with Crippen molar-refractivity contribution in [1.29, 1.82) is 0 Å². The lowest BCUT2D eigenvalue weighted by molar-refractivity contribution is 0.0957. The maximum atomic E-state index is 12.6. The topological polar surface area (TPSA) is 69.9 Å². The van der Waals surface area contributed by atoms with Crippen LogP contribution in [-0.4, -0.2) is 37.9 Å². The molecule has 6 nitrogen and oxygen atoms in total. The Morgan fingerprint density at radius 3 is 2.50 bits per heavy atom. The molecule has 2 aromatic heterocycles. The molecule has 2 heterocycles. The third kappa shape index (κ3) is 5.18. The minimum atomic E-state index is -0.155. The number of aromatic nitrogens is 2. The quantitative estimate of drug-likeness (QED) is 0.348. The first-order valence-corrected chi connectivity index (χ1v) is 11.4. The van der Waals surface area contributed by atoms with E-state index in [9.17, 15) is 9.90 Å². The van der Waals surface area contributed by atoms with Crippen molar-refractivity contribution in [2.24, 2.45) is 0 Å². The lowest BCUT2D eigenvalue weighted by Crippen LogP contribution is -2.30. The molecular weight excluding hydrogens is 424 g/mol. The molecule has 34 heavy (non-hydrogen) atoms. The number of imidazole rings is 1. The summed E-state index contributed by atoms with van der Waals surface area (Å²) in [5.74, 6) is 0.0563. The number of pyridine rings is 1. The summed E-state index contributed by atoms with van der Waals surface area (Å²) in [5, 5.41) is 12.6. The summed E-state index contributed by atoms with van der Waals surface area (Å²) in [6, 6.07) is 21.4. The van der Waals surface area contributed by atoms with Crippen molar-refractivity contribution in [1.82, 2.24) is 19.6 Å². The first-order valence-electron chi connectivity index (χ1n) is 11.4. The number of phenols is 1. The predicted octanol–water partition coefficient (Wildman–Crippen LogP) is 5.03. The average Bonchev–Trinajstić information content (AvgIpc) is 3.20. The van der Waals surface area contributed by atoms with Crippen LogP contribution in [0.4, 0.5) is 0 Å². The molecule has 4 aromatic rings. The number of carbonyl (C=O) groups is 1. The van der Waals surface area contributed by atoms with Crippen LogP contribution in [-0.2, 0) is 13.1 Å². The van der Waals surface area contributed by atoms with Crippen molar-refractivity contribution < 1.29 is 9.90 Å². The van der Waals surface area contributed by atoms with Gasteiger partial charge in [0.05, 0.1) is 17.0 Å². The summed E-state index contributed by atoms with van der Waals surface area (Å²) in [7, 11) is 0. The van der Waals surface area contributed by atoms with Gasteiger partial charge in [0.2, 0.25) is 0 Å². The number of carbonyl (C=O) groups excluding carboxylic acids is 1. The average molecular weight is 455 g/mol. The molecule has 0 aliphatic rings. The Morgan fingerprint density at radius 2 is 1.82 bits per heavy atom. The standard InChI is InChI=1S/C28H30N4O2/c1-4-16-29-28(34)23-12-15-26-30-27(22-10-13-24(33)14-11-22)25(32(26)18-23)19-31(20(2)3)17-21-8-6-5-7-9-21/h4-15,18,20,33H,1,16-17,19H2,2-3H3,(H,29,34). The summed E-state index contributed by atoms with van der Waals surface area (Å²) in [5.41, 5.74) is 5.30. The largest absolute Gasteiger partial charge is 0.508 e. The van der Waals surface area contributed by atoms with Crippen molar-refractivity contribution in [3.63, 3.8) is 0 Å². The Hall–Kier alpha value is -3.90. The molecule has 174 valence electrons. The number of aromatic hydroxyl groups is 1. The summed E-state index contributed by atoms with van der Waals surface area (Å²) in [6.07, 6.45) is 3.51. The van der Waals surface area contributed by atoms with Crippen molar-refractivity contribution in [2.75, 3.05) is 6.54 Å². The van der Waals surface area contributed by atoms with Gasteiger partial charge in [-0.3, -0.25) is 9.69 Å². The zero-order valence-corrected chi connectivity index (χ0v) is 19.6. The molecule has 6 heteroatoms. The van der Waals surface area contributed by atoms with E-state index in [0.717, 1.165) is 29.1 Å². The van der Waals surface area contributed by atoms with Crippen LogP contribution in [0.1, 0.15) is 35.5 Å². The van der Waals surface area contributed by atoms with Crippen molar-refractivity contribution in [2.45, 2.75) is 33.0 Å². The highest BCUT2D eigenvalue weighted by atomic mass is 16.3. The summed E-state index contributed by atoms with van der Waals surface area (Å²) in [6.45, 7) is 9.87. The Balaban J connectivity index is 1.79. The van der Waals surface area contributed by atoms with Crippen LogP contribution >= 0.6 is 0 Å². The molecule has 0 unspecified atom stereocenters. The van der Waals surface area contributed by atoms with Crippen molar-refractivity contribution >= 4 is 11.6 Å². The fourth-order valence-corrected chi connectivity index (χ4v) is 3.93. The van der Waals surface area contributed by atoms with Gasteiger partial charge in [-0.1, -0.05) is 36.4 Å². The molecule has 0 bridgehead atoms. The lowest BCUT2D eigenvalue weighted by atomic mass is 10.1. The normalized spacial score (nSPS) is 11.3. The van der Waals surface area contributed by atoms with Gasteiger partial charge in [-0.25, -0.2) is 4.98 Å². The number of benzene rings is 2. The summed E-state index contributed by atoms with van der Waals surface area (Å²) >= 11 is 0. The Morgan fingerprint density at radius 1 is 1.09 bits per heavy atom. The SMILES string of the molecule is C=CCNC(=O)c1ccc2nc(-c3ccc(O)cc3)c(CN(Cc3ccccc3)C(C)C)n2c1. The molecule has 0 spiro atoms. The van der Waals surface area contributed by atoms with E-state index in [4.69, 9.17) is 4.98 Å². The zero-order chi connectivity index (χ0) is 24.1. The zero-order valence-electron chi connectivity index (χ0n) is 19.6. The third-order valence-corrected chi connectivity index (χ3v) is 5.84. The smallest absolute Gasteiger partial charge is 0.253 e. The van der Waals surface area contributed by atoms with Crippen molar-refractivity contribution in [3.05, 3.63) is 102 Å². The molecule has 0 aliphatic carbocycles. The number of fused-ring (bicyclic) bond motifs is 1. The Bertz CT molecular complexity index is 1280. The van der Waals surface area contributed by atoms with E-state index in [-0.39, 0.29) is 17.7 Å². The van der Waals surface area contributed by atoms with Crippen LogP contribution < -0.4 is 5.32 Å². The van der Waals surface area contributed by atoms with Crippen molar-refractivity contribution in [3.8, 4) is 17.0 Å². The van der Waals surface area contributed by atoms with E-state index in [0.29, 0.717) is 18.7 Å². The van der Waals surface area contributed by atoms with Crippen LogP contribution in [0.2, 0.25) is 0 Å². The van der Waals surface area contributed by atoms with Crippen LogP contribution in [0.5, 0.6) is 5.75 Å². The van der Waals surface area contributed by atoms with E-state index < -0.39 is 0 Å². The summed E-state index contributed by atoms with van der Waals surface area (Å²) in [4.78, 5) is 19.9. The van der Waals surface area contributed by atoms with E-state index in [1.165, 1.54) is 5.56 Å². The highest BCUT2D eigenvalue weighted by Gasteiger charge is 2.20. The molecule has 0 saturated carbocycles. The molecule has 0 fully saturated rings. The van der Waals surface area contributed by atoms with Gasteiger partial charge >= 0.3 is 0 Å². The fraction of sp³-hybridized carbons (Fsp3) is 0.214. The number of hydrogen-bond acceptors (Lipinski definition) is 4. The second-order valence-corrected chi connectivity index (χ2v) is 8.58. The third-order valence-electron chi connectivity index (χ3n) is 5.84. The van der Waals surface area contributed by atoms with Crippen LogP contribution in [0.25, 0.3) is 16.9 Å². The maximum Gasteiger partial charge on any atom is 0.253 e. The van der Waals surface area contributed by atoms with Gasteiger partial charge in [0, 0.05) is 37.4 Å². The second-order valence-electron chi connectivity index (χ2n) is 8.58. The number of rotatable bonds is 9. The molecule has 4 rings (SSSR count). The Labute approximate surface area is 200 Å². The molecule has 1 amide bonds. The first kappa shape index (κ1) is 23.3. The van der Waals surface area contributed by atoms with Crippen LogP contribution in [0.15, 0.2) is 85.6 Å². The molecular formula is C28H30N4O2.